The molecule has 0 saturated carbocycles. The standard InChI is InChI=1S/C16H34N4O3/c1-12(11-22-8)19-14(17-6)18-10-9-13(2)20(7)15(21)23-16(3,4)5/h12-13H,9-11H2,1-8H3,(H2,17,18,19). The molecule has 2 N–H and O–H groups in total. The van der Waals surface area contributed by atoms with E-state index in [1.54, 1.807) is 26.1 Å². The van der Waals surface area contributed by atoms with E-state index >= 15 is 0 Å². The summed E-state index contributed by atoms with van der Waals surface area (Å²) in [7, 11) is 5.15. The molecule has 0 heterocycles. The molecule has 0 rings (SSSR count). The molecular weight excluding hydrogens is 296 g/mol. The number of hydrogen-bond donors (Lipinski definition) is 2. The number of aliphatic imine (C=N–C) groups is 1. The van der Waals surface area contributed by atoms with E-state index in [-0.39, 0.29) is 18.2 Å². The van der Waals surface area contributed by atoms with Crippen molar-refractivity contribution in [3.05, 3.63) is 0 Å². The van der Waals surface area contributed by atoms with Gasteiger partial charge in [-0.25, -0.2) is 4.79 Å². The number of nitrogens with one attached hydrogen (secondary N) is 2. The lowest BCUT2D eigenvalue weighted by Gasteiger charge is -2.29. The summed E-state index contributed by atoms with van der Waals surface area (Å²) in [5, 5.41) is 6.47. The van der Waals surface area contributed by atoms with Gasteiger partial charge < -0.3 is 25.0 Å². The minimum Gasteiger partial charge on any atom is -0.444 e. The second-order valence-electron chi connectivity index (χ2n) is 6.73. The molecule has 0 spiro atoms. The minimum absolute atomic E-state index is 0.0619. The van der Waals surface area contributed by atoms with Gasteiger partial charge in [0.1, 0.15) is 5.60 Å². The Balaban J connectivity index is 4.22. The third-order valence-electron chi connectivity index (χ3n) is 3.22. The number of hydrogen-bond acceptors (Lipinski definition) is 4. The van der Waals surface area contributed by atoms with Crippen LogP contribution in [0.2, 0.25) is 0 Å². The first-order valence-corrected chi connectivity index (χ1v) is 8.02. The average Bonchev–Trinajstić information content (AvgIpc) is 2.43. The van der Waals surface area contributed by atoms with Crippen LogP contribution in [-0.2, 0) is 9.47 Å². The Morgan fingerprint density at radius 2 is 1.91 bits per heavy atom. The summed E-state index contributed by atoms with van der Waals surface area (Å²) in [5.41, 5.74) is -0.479. The van der Waals surface area contributed by atoms with Crippen molar-refractivity contribution >= 4 is 12.1 Å². The zero-order chi connectivity index (χ0) is 18.0. The fraction of sp³-hybridized carbons (Fsp3) is 0.875. The molecule has 136 valence electrons. The second-order valence-corrected chi connectivity index (χ2v) is 6.73. The number of guanidine groups is 1. The van der Waals surface area contributed by atoms with Crippen LogP contribution < -0.4 is 10.6 Å². The molecule has 0 fully saturated rings. The second kappa shape index (κ2) is 10.3. The third kappa shape index (κ3) is 9.99. The largest absolute Gasteiger partial charge is 0.444 e. The molecule has 7 nitrogen and oxygen atoms in total. The van der Waals surface area contributed by atoms with E-state index < -0.39 is 5.60 Å². The van der Waals surface area contributed by atoms with Gasteiger partial charge in [-0.3, -0.25) is 4.99 Å². The number of nitrogens with zero attached hydrogens (tertiary/aromatic N) is 2. The number of carbonyl (C=O) groups excluding carboxylic acids is 1. The molecule has 0 radical (unpaired) electrons. The van der Waals surface area contributed by atoms with Crippen LogP contribution in [0.1, 0.15) is 41.0 Å². The summed E-state index contributed by atoms with van der Waals surface area (Å²) in [4.78, 5) is 17.8. The normalized spacial score (nSPS) is 14.9. The molecular formula is C16H34N4O3. The maximum Gasteiger partial charge on any atom is 0.410 e. The van der Waals surface area contributed by atoms with Gasteiger partial charge in [0, 0.05) is 39.8 Å². The molecule has 7 heteroatoms. The van der Waals surface area contributed by atoms with Crippen molar-refractivity contribution < 1.29 is 14.3 Å². The van der Waals surface area contributed by atoms with Crippen LogP contribution in [0, 0.1) is 0 Å². The highest BCUT2D eigenvalue weighted by Gasteiger charge is 2.22. The number of methoxy groups -OCH3 is 1. The molecule has 0 saturated heterocycles. The average molecular weight is 330 g/mol. The lowest BCUT2D eigenvalue weighted by Crippen LogP contribution is -2.45. The predicted octanol–water partition coefficient (Wildman–Crippen LogP) is 1.83. The highest BCUT2D eigenvalue weighted by molar-refractivity contribution is 5.79. The quantitative estimate of drug-likeness (QED) is 0.550. The van der Waals surface area contributed by atoms with Crippen LogP contribution in [0.4, 0.5) is 4.79 Å². The van der Waals surface area contributed by atoms with E-state index in [0.717, 1.165) is 12.4 Å². The monoisotopic (exact) mass is 330 g/mol. The molecule has 0 aromatic heterocycles. The van der Waals surface area contributed by atoms with Crippen molar-refractivity contribution in [1.82, 2.24) is 15.5 Å². The molecule has 0 aliphatic carbocycles. The first-order valence-electron chi connectivity index (χ1n) is 8.02. The summed E-state index contributed by atoms with van der Waals surface area (Å²) in [5.74, 6) is 0.724. The molecule has 2 atom stereocenters. The molecule has 0 bridgehead atoms. The van der Waals surface area contributed by atoms with Gasteiger partial charge in [-0.1, -0.05) is 0 Å². The fourth-order valence-electron chi connectivity index (χ4n) is 1.83. The highest BCUT2D eigenvalue weighted by atomic mass is 16.6. The van der Waals surface area contributed by atoms with Crippen molar-refractivity contribution in [3.8, 4) is 0 Å². The van der Waals surface area contributed by atoms with Gasteiger partial charge in [0.05, 0.1) is 6.61 Å². The van der Waals surface area contributed by atoms with Gasteiger partial charge in [-0.05, 0) is 41.0 Å². The molecule has 0 aromatic carbocycles. The van der Waals surface area contributed by atoms with E-state index in [0.29, 0.717) is 13.2 Å². The van der Waals surface area contributed by atoms with Crippen molar-refractivity contribution in [1.29, 1.82) is 0 Å². The Hall–Kier alpha value is -1.50. The molecule has 1 amide bonds. The molecule has 0 aliphatic rings. The van der Waals surface area contributed by atoms with E-state index in [4.69, 9.17) is 9.47 Å². The zero-order valence-corrected chi connectivity index (χ0v) is 15.9. The summed E-state index contributed by atoms with van der Waals surface area (Å²) >= 11 is 0. The van der Waals surface area contributed by atoms with Gasteiger partial charge in [0.25, 0.3) is 0 Å². The smallest absolute Gasteiger partial charge is 0.410 e. The minimum atomic E-state index is -0.479. The van der Waals surface area contributed by atoms with E-state index in [9.17, 15) is 4.79 Å². The molecule has 0 aromatic rings. The van der Waals surface area contributed by atoms with Gasteiger partial charge in [0.2, 0.25) is 0 Å². The van der Waals surface area contributed by atoms with Crippen LogP contribution in [0.3, 0.4) is 0 Å². The highest BCUT2D eigenvalue weighted by Crippen LogP contribution is 2.11. The lowest BCUT2D eigenvalue weighted by molar-refractivity contribution is 0.0230. The Kier molecular flexibility index (Phi) is 9.64. The predicted molar refractivity (Wildman–Crippen MR) is 93.9 cm³/mol. The summed E-state index contributed by atoms with van der Waals surface area (Å²) < 4.78 is 10.5. The van der Waals surface area contributed by atoms with Crippen LogP contribution >= 0.6 is 0 Å². The lowest BCUT2D eigenvalue weighted by atomic mass is 10.2. The fourth-order valence-corrected chi connectivity index (χ4v) is 1.83. The Morgan fingerprint density at radius 3 is 2.39 bits per heavy atom. The van der Waals surface area contributed by atoms with Crippen molar-refractivity contribution in [2.75, 3.05) is 34.4 Å². The summed E-state index contributed by atoms with van der Waals surface area (Å²) in [6, 6.07) is 0.236. The van der Waals surface area contributed by atoms with Crippen LogP contribution in [0.15, 0.2) is 4.99 Å². The first-order chi connectivity index (χ1) is 10.6. The van der Waals surface area contributed by atoms with Crippen molar-refractivity contribution in [2.24, 2.45) is 4.99 Å². The number of amides is 1. The molecule has 0 aliphatic heterocycles. The van der Waals surface area contributed by atoms with Crippen molar-refractivity contribution in [3.63, 3.8) is 0 Å². The number of carbonyl (C=O) groups is 1. The first kappa shape index (κ1) is 21.5. The molecule has 23 heavy (non-hydrogen) atoms. The summed E-state index contributed by atoms with van der Waals surface area (Å²) in [6.45, 7) is 10.9. The van der Waals surface area contributed by atoms with E-state index in [2.05, 4.69) is 15.6 Å². The Bertz CT molecular complexity index is 380. The van der Waals surface area contributed by atoms with Gasteiger partial charge in [0.15, 0.2) is 5.96 Å². The third-order valence-corrected chi connectivity index (χ3v) is 3.22. The van der Waals surface area contributed by atoms with Gasteiger partial charge in [-0.15, -0.1) is 0 Å². The van der Waals surface area contributed by atoms with E-state index in [1.165, 1.54) is 0 Å². The SMILES string of the molecule is CN=C(NCCC(C)N(C)C(=O)OC(C)(C)C)NC(C)COC. The molecule has 2 unspecified atom stereocenters. The number of rotatable bonds is 7. The van der Waals surface area contributed by atoms with Crippen LogP contribution in [-0.4, -0.2) is 69.0 Å². The maximum absolute atomic E-state index is 12.0. The summed E-state index contributed by atoms with van der Waals surface area (Å²) in [6.07, 6.45) is 0.482. The van der Waals surface area contributed by atoms with Crippen molar-refractivity contribution in [2.45, 2.75) is 58.7 Å². The maximum atomic E-state index is 12.0. The van der Waals surface area contributed by atoms with Crippen LogP contribution in [0.5, 0.6) is 0 Å². The topological polar surface area (TPSA) is 75.2 Å². The van der Waals surface area contributed by atoms with E-state index in [1.807, 2.05) is 34.6 Å². The Morgan fingerprint density at radius 1 is 1.30 bits per heavy atom. The van der Waals surface area contributed by atoms with Gasteiger partial charge >= 0.3 is 6.09 Å². The zero-order valence-electron chi connectivity index (χ0n) is 15.9. The number of ether oxygens (including phenoxy) is 2. The van der Waals surface area contributed by atoms with Gasteiger partial charge in [-0.2, -0.15) is 0 Å². The van der Waals surface area contributed by atoms with Crippen LogP contribution in [0.25, 0.3) is 0 Å². The Labute approximate surface area is 140 Å².